The van der Waals surface area contributed by atoms with E-state index in [1.807, 2.05) is 18.5 Å². The number of methoxy groups -OCH3 is 1. The molecule has 8 nitrogen and oxygen atoms in total. The van der Waals surface area contributed by atoms with Crippen molar-refractivity contribution in [3.05, 3.63) is 11.6 Å². The number of nitrogens with one attached hydrogen (secondary N) is 2. The number of rotatable bonds is 9. The van der Waals surface area contributed by atoms with Crippen molar-refractivity contribution in [1.82, 2.24) is 30.3 Å². The molecule has 2 N–H and O–H groups in total. The van der Waals surface area contributed by atoms with Gasteiger partial charge in [0.2, 0.25) is 0 Å². The van der Waals surface area contributed by atoms with Crippen molar-refractivity contribution < 1.29 is 4.74 Å². The Bertz CT molecular complexity index is 577. The van der Waals surface area contributed by atoms with E-state index in [0.717, 1.165) is 69.0 Å². The number of hydrogen-bond donors (Lipinski definition) is 2. The van der Waals surface area contributed by atoms with Crippen LogP contribution in [-0.4, -0.2) is 71.6 Å². The summed E-state index contributed by atoms with van der Waals surface area (Å²) in [5, 5.41) is 15.4. The van der Waals surface area contributed by atoms with Crippen LogP contribution in [-0.2, 0) is 18.3 Å². The summed E-state index contributed by atoms with van der Waals surface area (Å²) >= 11 is 0. The van der Waals surface area contributed by atoms with E-state index in [4.69, 9.17) is 9.73 Å². The molecule has 0 saturated carbocycles. The van der Waals surface area contributed by atoms with Gasteiger partial charge in [0.25, 0.3) is 0 Å². The molecule has 0 bridgehead atoms. The summed E-state index contributed by atoms with van der Waals surface area (Å²) in [5.74, 6) is 3.36. The van der Waals surface area contributed by atoms with Crippen molar-refractivity contribution >= 4 is 5.96 Å². The molecule has 154 valence electrons. The lowest BCUT2D eigenvalue weighted by Gasteiger charge is -2.34. The minimum absolute atomic E-state index is 0.461. The molecule has 0 spiro atoms. The zero-order valence-electron chi connectivity index (χ0n) is 17.7. The Morgan fingerprint density at radius 1 is 1.30 bits per heavy atom. The highest BCUT2D eigenvalue weighted by Crippen LogP contribution is 2.12. The molecular weight excluding hydrogens is 342 g/mol. The van der Waals surface area contributed by atoms with Gasteiger partial charge in [-0.1, -0.05) is 13.8 Å². The Balaban J connectivity index is 1.89. The minimum Gasteiger partial charge on any atom is -0.385 e. The summed E-state index contributed by atoms with van der Waals surface area (Å²) in [6, 6.07) is 0.461. The van der Waals surface area contributed by atoms with E-state index < -0.39 is 0 Å². The fraction of sp³-hybridized carbons (Fsp3) is 0.842. The van der Waals surface area contributed by atoms with Gasteiger partial charge < -0.3 is 24.8 Å². The lowest BCUT2D eigenvalue weighted by atomic mass is 10.0. The van der Waals surface area contributed by atoms with Crippen LogP contribution < -0.4 is 10.6 Å². The second-order valence-electron chi connectivity index (χ2n) is 7.77. The zero-order valence-corrected chi connectivity index (χ0v) is 17.7. The van der Waals surface area contributed by atoms with E-state index in [2.05, 4.69) is 39.6 Å². The maximum Gasteiger partial charge on any atom is 0.191 e. The number of guanidine groups is 1. The van der Waals surface area contributed by atoms with Gasteiger partial charge in [-0.15, -0.1) is 10.2 Å². The van der Waals surface area contributed by atoms with E-state index >= 15 is 0 Å². The zero-order chi connectivity index (χ0) is 19.6. The standard InChI is InChI=1S/C19H37N7O/c1-15(2)14-26-10-7-17(8-11-26)22-19(20-9-6-12-27-5)21-13-18-24-23-16(3)25(18)4/h15,17H,6-14H2,1-5H3,(H2,20,21,22). The second-order valence-corrected chi connectivity index (χ2v) is 7.77. The van der Waals surface area contributed by atoms with E-state index in [-0.39, 0.29) is 0 Å². The molecule has 0 unspecified atom stereocenters. The van der Waals surface area contributed by atoms with Gasteiger partial charge in [-0.3, -0.25) is 0 Å². The van der Waals surface area contributed by atoms with E-state index in [1.54, 1.807) is 7.11 Å². The first kappa shape index (κ1) is 21.6. The molecule has 1 aromatic rings. The van der Waals surface area contributed by atoms with Crippen LogP contribution in [0.25, 0.3) is 0 Å². The molecule has 1 aliphatic heterocycles. The van der Waals surface area contributed by atoms with E-state index in [0.29, 0.717) is 12.6 Å². The molecule has 0 radical (unpaired) electrons. The van der Waals surface area contributed by atoms with Crippen molar-refractivity contribution in [2.24, 2.45) is 18.0 Å². The first-order valence-electron chi connectivity index (χ1n) is 10.1. The number of aliphatic imine (C=N–C) groups is 1. The Morgan fingerprint density at radius 3 is 2.63 bits per heavy atom. The molecule has 0 amide bonds. The summed E-state index contributed by atoms with van der Waals surface area (Å²) in [7, 11) is 3.71. The summed E-state index contributed by atoms with van der Waals surface area (Å²) in [6.07, 6.45) is 3.25. The average molecular weight is 380 g/mol. The van der Waals surface area contributed by atoms with E-state index in [1.165, 1.54) is 6.54 Å². The number of piperidine rings is 1. The van der Waals surface area contributed by atoms with Crippen molar-refractivity contribution in [3.8, 4) is 0 Å². The SMILES string of the molecule is COCCCNC(=NCc1nnc(C)n1C)NC1CCN(CC(C)C)CC1. The van der Waals surface area contributed by atoms with Crippen LogP contribution in [0.1, 0.15) is 44.8 Å². The van der Waals surface area contributed by atoms with E-state index in [9.17, 15) is 0 Å². The molecule has 1 aliphatic rings. The number of hydrogen-bond acceptors (Lipinski definition) is 5. The third kappa shape index (κ3) is 7.46. The number of ether oxygens (including phenoxy) is 1. The van der Waals surface area contributed by atoms with Gasteiger partial charge in [0.15, 0.2) is 11.8 Å². The van der Waals surface area contributed by atoms with Crippen LogP contribution in [0.2, 0.25) is 0 Å². The smallest absolute Gasteiger partial charge is 0.191 e. The highest BCUT2D eigenvalue weighted by atomic mass is 16.5. The largest absolute Gasteiger partial charge is 0.385 e. The Labute approximate surface area is 163 Å². The third-order valence-electron chi connectivity index (χ3n) is 4.93. The number of aryl methyl sites for hydroxylation is 1. The second kappa shape index (κ2) is 11.2. The van der Waals surface area contributed by atoms with Crippen molar-refractivity contribution in [2.75, 3.05) is 39.9 Å². The normalized spacial score (nSPS) is 16.9. The van der Waals surface area contributed by atoms with Crippen LogP contribution in [0.4, 0.5) is 0 Å². The van der Waals surface area contributed by atoms with Crippen LogP contribution in [0.5, 0.6) is 0 Å². The number of aromatic nitrogens is 3. The third-order valence-corrected chi connectivity index (χ3v) is 4.93. The van der Waals surface area contributed by atoms with Crippen molar-refractivity contribution in [3.63, 3.8) is 0 Å². The molecule has 8 heteroatoms. The van der Waals surface area contributed by atoms with Crippen LogP contribution in [0.15, 0.2) is 4.99 Å². The Morgan fingerprint density at radius 2 is 2.04 bits per heavy atom. The molecule has 0 atom stereocenters. The summed E-state index contributed by atoms with van der Waals surface area (Å²) in [6.45, 7) is 12.1. The minimum atomic E-state index is 0.461. The summed E-state index contributed by atoms with van der Waals surface area (Å²) in [5.41, 5.74) is 0. The van der Waals surface area contributed by atoms with Gasteiger partial charge in [-0.25, -0.2) is 4.99 Å². The molecule has 2 heterocycles. The van der Waals surface area contributed by atoms with Gasteiger partial charge in [-0.05, 0) is 32.1 Å². The number of nitrogens with zero attached hydrogens (tertiary/aromatic N) is 5. The summed E-state index contributed by atoms with van der Waals surface area (Å²) in [4.78, 5) is 7.31. The van der Waals surface area contributed by atoms with Crippen LogP contribution >= 0.6 is 0 Å². The quantitative estimate of drug-likeness (QED) is 0.383. The highest BCUT2D eigenvalue weighted by molar-refractivity contribution is 5.80. The molecule has 1 aromatic heterocycles. The van der Waals surface area contributed by atoms with Crippen LogP contribution in [0, 0.1) is 12.8 Å². The topological polar surface area (TPSA) is 79.6 Å². The van der Waals surface area contributed by atoms with Gasteiger partial charge in [0.05, 0.1) is 0 Å². The maximum absolute atomic E-state index is 5.14. The first-order chi connectivity index (χ1) is 13.0. The molecule has 1 saturated heterocycles. The Kier molecular flexibility index (Phi) is 9.00. The molecule has 0 aromatic carbocycles. The predicted molar refractivity (Wildman–Crippen MR) is 109 cm³/mol. The molecule has 1 fully saturated rings. The molecule has 27 heavy (non-hydrogen) atoms. The van der Waals surface area contributed by atoms with Gasteiger partial charge in [0.1, 0.15) is 12.4 Å². The van der Waals surface area contributed by atoms with Gasteiger partial charge >= 0.3 is 0 Å². The lowest BCUT2D eigenvalue weighted by Crippen LogP contribution is -2.49. The monoisotopic (exact) mass is 379 g/mol. The fourth-order valence-electron chi connectivity index (χ4n) is 3.28. The Hall–Kier alpha value is -1.67. The molecule has 2 rings (SSSR count). The highest BCUT2D eigenvalue weighted by Gasteiger charge is 2.20. The predicted octanol–water partition coefficient (Wildman–Crippen LogP) is 1.32. The lowest BCUT2D eigenvalue weighted by molar-refractivity contribution is 0.186. The molecular formula is C19H37N7O. The van der Waals surface area contributed by atoms with Gasteiger partial charge in [0, 0.05) is 53.0 Å². The van der Waals surface area contributed by atoms with Gasteiger partial charge in [-0.2, -0.15) is 0 Å². The fourth-order valence-corrected chi connectivity index (χ4v) is 3.28. The average Bonchev–Trinajstić information content (AvgIpc) is 2.96. The molecule has 0 aliphatic carbocycles. The number of likely N-dealkylation sites (tertiary alicyclic amines) is 1. The summed E-state index contributed by atoms with van der Waals surface area (Å²) < 4.78 is 7.12. The van der Waals surface area contributed by atoms with Crippen LogP contribution in [0.3, 0.4) is 0 Å². The maximum atomic E-state index is 5.14. The van der Waals surface area contributed by atoms with Crippen molar-refractivity contribution in [2.45, 2.75) is 52.6 Å². The van der Waals surface area contributed by atoms with Crippen molar-refractivity contribution in [1.29, 1.82) is 0 Å². The first-order valence-corrected chi connectivity index (χ1v) is 10.1.